The van der Waals surface area contributed by atoms with Crippen LogP contribution in [-0.4, -0.2) is 16.3 Å². The largest absolute Gasteiger partial charge is 0.210 e. The smallest absolute Gasteiger partial charge is 0.162 e. The van der Waals surface area contributed by atoms with Gasteiger partial charge in [-0.1, -0.05) is 23.8 Å². The van der Waals surface area contributed by atoms with Crippen LogP contribution in [0.1, 0.15) is 0 Å². The summed E-state index contributed by atoms with van der Waals surface area (Å²) in [5.41, 5.74) is 1.48. The first-order chi connectivity index (χ1) is 2.91. The summed E-state index contributed by atoms with van der Waals surface area (Å²) in [5.74, 6) is 0. The van der Waals surface area contributed by atoms with Crippen molar-refractivity contribution in [2.75, 3.05) is 0 Å². The third kappa shape index (κ3) is 4.30. The lowest BCUT2D eigenvalue weighted by Gasteiger charge is -1.61. The molecule has 0 rings (SSSR count). The van der Waals surface area contributed by atoms with E-state index in [0.717, 1.165) is 0 Å². The van der Waals surface area contributed by atoms with Gasteiger partial charge in [0.15, 0.2) is 0 Å². The van der Waals surface area contributed by atoms with Gasteiger partial charge in [-0.2, -0.15) is 4.94 Å². The topological polar surface area (TPSA) is 0 Å². The van der Waals surface area contributed by atoms with Crippen LogP contribution < -0.4 is 0 Å². The van der Waals surface area contributed by atoms with Gasteiger partial charge in [0.05, 0.1) is 0 Å². The lowest BCUT2D eigenvalue weighted by molar-refractivity contribution is 2.08. The van der Waals surface area contributed by atoms with Gasteiger partial charge in [0.2, 0.25) is 16.3 Å². The fraction of sp³-hybridized carbons (Fsp3) is 0. The molecule has 0 aliphatic rings. The number of hydrogen-bond donors (Lipinski definition) is 0. The highest BCUT2D eigenvalue weighted by molar-refractivity contribution is 6.25. The number of rotatable bonds is 1. The zero-order chi connectivity index (χ0) is 4.83. The minimum atomic E-state index is 1.48. The maximum absolute atomic E-state index is 5.15. The summed E-state index contributed by atoms with van der Waals surface area (Å²) in [6.07, 6.45) is 3.65. The van der Waals surface area contributed by atoms with E-state index in [1.54, 1.807) is 22.4 Å². The van der Waals surface area contributed by atoms with Gasteiger partial charge < -0.3 is 0 Å². The Morgan fingerprint density at radius 2 is 2.00 bits per heavy atom. The minimum Gasteiger partial charge on any atom is -0.162 e. The van der Waals surface area contributed by atoms with Crippen LogP contribution in [-0.2, 0) is 0 Å². The van der Waals surface area contributed by atoms with Crippen LogP contribution in [0.15, 0.2) is 22.6 Å². The van der Waals surface area contributed by atoms with E-state index >= 15 is 0 Å². The SMILES string of the molecule is [AlH][CH]=CC=CCl. The average molecular weight is 116 g/mol. The fourth-order valence-electron chi connectivity index (χ4n) is 0.121. The molecule has 0 aliphatic carbocycles. The lowest BCUT2D eigenvalue weighted by Crippen LogP contribution is -1.45. The van der Waals surface area contributed by atoms with Crippen molar-refractivity contribution in [3.05, 3.63) is 22.6 Å². The highest BCUT2D eigenvalue weighted by Gasteiger charge is 1.50. The van der Waals surface area contributed by atoms with Gasteiger partial charge in [-0.3, -0.25) is 0 Å². The van der Waals surface area contributed by atoms with Gasteiger partial charge >= 0.3 is 0 Å². The van der Waals surface area contributed by atoms with E-state index in [-0.39, 0.29) is 0 Å². The zero-order valence-corrected chi connectivity index (χ0v) is 5.56. The Bertz CT molecular complexity index is 55.9. The van der Waals surface area contributed by atoms with Gasteiger partial charge in [0, 0.05) is 5.54 Å². The molecule has 0 fully saturated rings. The molecule has 0 aromatic rings. The molecule has 6 heavy (non-hydrogen) atoms. The molecule has 0 atom stereocenters. The third-order valence-corrected chi connectivity index (χ3v) is 0.738. The molecule has 0 saturated carbocycles. The second-order valence-corrected chi connectivity index (χ2v) is 1.47. The first-order valence-electron chi connectivity index (χ1n) is 1.63. The fourth-order valence-corrected chi connectivity index (χ4v) is 0.362. The molecular weight excluding hydrogens is 110 g/mol. The van der Waals surface area contributed by atoms with E-state index in [2.05, 4.69) is 0 Å². The molecular formula is C4H5AlCl. The van der Waals surface area contributed by atoms with Crippen LogP contribution in [0.3, 0.4) is 0 Å². The van der Waals surface area contributed by atoms with Gasteiger partial charge in [-0.25, -0.2) is 0 Å². The Labute approximate surface area is 50.9 Å². The van der Waals surface area contributed by atoms with Crippen molar-refractivity contribution in [2.45, 2.75) is 0 Å². The molecule has 0 unspecified atom stereocenters. The van der Waals surface area contributed by atoms with Gasteiger partial charge in [0.1, 0.15) is 0 Å². The molecule has 1 radical (unpaired) electrons. The predicted octanol–water partition coefficient (Wildman–Crippen LogP) is 1.15. The van der Waals surface area contributed by atoms with Crippen molar-refractivity contribution in [3.63, 3.8) is 0 Å². The van der Waals surface area contributed by atoms with E-state index in [1.807, 2.05) is 11.0 Å². The zero-order valence-electron chi connectivity index (χ0n) is 3.39. The van der Waals surface area contributed by atoms with Gasteiger partial charge in [-0.15, -0.1) is 0 Å². The standard InChI is InChI=1S/C4H4Cl.Al.H/c1-2-3-4-5;;/h1-4H;;. The molecule has 0 aliphatic heterocycles. The highest BCUT2D eigenvalue weighted by atomic mass is 35.5. The Hall–Kier alpha value is 0.302. The van der Waals surface area contributed by atoms with Crippen molar-refractivity contribution in [3.8, 4) is 0 Å². The summed E-state index contributed by atoms with van der Waals surface area (Å²) in [7, 11) is 0. The van der Waals surface area contributed by atoms with Crippen LogP contribution in [0.25, 0.3) is 0 Å². The molecule has 0 spiro atoms. The molecule has 0 bridgehead atoms. The molecule has 0 heterocycles. The maximum atomic E-state index is 5.15. The molecule has 2 heteroatoms. The lowest BCUT2D eigenvalue weighted by atomic mass is 10.6. The summed E-state index contributed by atoms with van der Waals surface area (Å²) in [4.78, 5) is 1.94. The van der Waals surface area contributed by atoms with Crippen LogP contribution in [0.4, 0.5) is 0 Å². The maximum Gasteiger partial charge on any atom is 0.210 e. The monoisotopic (exact) mass is 115 g/mol. The molecule has 0 nitrogen and oxygen atoms in total. The van der Waals surface area contributed by atoms with E-state index in [0.29, 0.717) is 0 Å². The van der Waals surface area contributed by atoms with E-state index < -0.39 is 0 Å². The summed E-state index contributed by atoms with van der Waals surface area (Å²) >= 11 is 6.93. The van der Waals surface area contributed by atoms with Crippen LogP contribution in [0.5, 0.6) is 0 Å². The van der Waals surface area contributed by atoms with Crippen LogP contribution in [0, 0.1) is 0 Å². The number of allylic oxidation sites excluding steroid dienone is 2. The molecule has 0 aromatic heterocycles. The molecule has 0 aromatic carbocycles. The number of hydrogen-bond acceptors (Lipinski definition) is 0. The van der Waals surface area contributed by atoms with Gasteiger partial charge in [-0.05, 0) is 0 Å². The minimum absolute atomic E-state index is 1.48. The summed E-state index contributed by atoms with van der Waals surface area (Å²) in [6.45, 7) is 0. The number of halogens is 1. The molecule has 0 amide bonds. The van der Waals surface area contributed by atoms with E-state index in [9.17, 15) is 0 Å². The second-order valence-electron chi connectivity index (χ2n) is 0.747. The highest BCUT2D eigenvalue weighted by Crippen LogP contribution is 1.76. The Kier molecular flexibility index (Phi) is 5.57. The Morgan fingerprint density at radius 1 is 1.33 bits per heavy atom. The van der Waals surface area contributed by atoms with E-state index in [1.165, 1.54) is 5.54 Å². The van der Waals surface area contributed by atoms with Crippen molar-refractivity contribution in [1.29, 1.82) is 0 Å². The van der Waals surface area contributed by atoms with Crippen LogP contribution in [0.2, 0.25) is 0 Å². The predicted molar refractivity (Wildman–Crippen MR) is 31.3 cm³/mol. The molecule has 0 N–H and O–H groups in total. The van der Waals surface area contributed by atoms with Crippen molar-refractivity contribution < 1.29 is 0 Å². The third-order valence-electron chi connectivity index (χ3n) is 0.320. The van der Waals surface area contributed by atoms with Crippen molar-refractivity contribution in [1.82, 2.24) is 0 Å². The normalized spacial score (nSPS) is 11.5. The van der Waals surface area contributed by atoms with E-state index in [4.69, 9.17) is 11.6 Å². The van der Waals surface area contributed by atoms with Crippen LogP contribution >= 0.6 is 11.6 Å². The molecule has 0 saturated heterocycles. The quantitative estimate of drug-likeness (QED) is 0.355. The van der Waals surface area contributed by atoms with Gasteiger partial charge in [0.25, 0.3) is 0 Å². The first-order valence-corrected chi connectivity index (χ1v) is 2.88. The summed E-state index contributed by atoms with van der Waals surface area (Å²) in [6, 6.07) is 0. The average Bonchev–Trinajstić information content (AvgIpc) is 1.61. The summed E-state index contributed by atoms with van der Waals surface area (Å²) < 4.78 is 0. The Balaban J connectivity index is 3.07. The Morgan fingerprint density at radius 3 is 2.17 bits per heavy atom. The molecule has 31 valence electrons. The first kappa shape index (κ1) is 6.30. The van der Waals surface area contributed by atoms with Crippen molar-refractivity contribution in [2.24, 2.45) is 0 Å². The second kappa shape index (κ2) is 5.30. The van der Waals surface area contributed by atoms with Crippen molar-refractivity contribution >= 4 is 27.9 Å². The summed E-state index contributed by atoms with van der Waals surface area (Å²) in [5, 5.41) is 0.